The molecule has 0 spiro atoms. The van der Waals surface area contributed by atoms with Crippen molar-refractivity contribution >= 4 is 22.7 Å². The molecular formula is C18H14N4OS. The molecule has 118 valence electrons. The molecule has 0 unspecified atom stereocenters. The second-order valence-electron chi connectivity index (χ2n) is 4.82. The Morgan fingerprint density at radius 1 is 1.17 bits per heavy atom. The molecule has 0 fully saturated rings. The van der Waals surface area contributed by atoms with Gasteiger partial charge in [0.15, 0.2) is 10.7 Å². The van der Waals surface area contributed by atoms with E-state index in [1.54, 1.807) is 7.11 Å². The van der Waals surface area contributed by atoms with Gasteiger partial charge in [0.25, 0.3) is 0 Å². The number of methoxy groups -OCH3 is 1. The molecule has 1 aromatic heterocycles. The molecule has 3 rings (SSSR count). The number of thiazole rings is 1. The molecular weight excluding hydrogens is 320 g/mol. The molecule has 0 bridgehead atoms. The number of anilines is 1. The van der Waals surface area contributed by atoms with Crippen LogP contribution in [0.2, 0.25) is 0 Å². The van der Waals surface area contributed by atoms with E-state index in [0.29, 0.717) is 5.01 Å². The highest BCUT2D eigenvalue weighted by Crippen LogP contribution is 2.22. The third-order valence-corrected chi connectivity index (χ3v) is 4.12. The van der Waals surface area contributed by atoms with Crippen molar-refractivity contribution in [2.24, 2.45) is 5.10 Å². The van der Waals surface area contributed by atoms with Crippen LogP contribution in [0.3, 0.4) is 0 Å². The average Bonchev–Trinajstić information content (AvgIpc) is 3.13. The van der Waals surface area contributed by atoms with E-state index in [2.05, 4.69) is 21.6 Å². The lowest BCUT2D eigenvalue weighted by Gasteiger charge is -2.02. The first-order chi connectivity index (χ1) is 11.8. The summed E-state index contributed by atoms with van der Waals surface area (Å²) in [6.45, 7) is 0. The van der Waals surface area contributed by atoms with Crippen LogP contribution in [-0.2, 0) is 0 Å². The monoisotopic (exact) mass is 334 g/mol. The predicted octanol–water partition coefficient (Wildman–Crippen LogP) is 4.16. The van der Waals surface area contributed by atoms with Crippen LogP contribution in [0.4, 0.5) is 5.69 Å². The largest absolute Gasteiger partial charge is 0.497 e. The van der Waals surface area contributed by atoms with Gasteiger partial charge < -0.3 is 4.74 Å². The van der Waals surface area contributed by atoms with Crippen LogP contribution in [0.5, 0.6) is 5.75 Å². The number of hydrazone groups is 1. The molecule has 1 heterocycles. The Balaban J connectivity index is 1.78. The maximum Gasteiger partial charge on any atom is 0.196 e. The molecule has 0 radical (unpaired) electrons. The van der Waals surface area contributed by atoms with Crippen molar-refractivity contribution < 1.29 is 4.74 Å². The molecule has 0 aliphatic carbocycles. The Labute approximate surface area is 143 Å². The number of nitrogens with one attached hydrogen (secondary N) is 1. The molecule has 0 amide bonds. The number of rotatable bonds is 5. The van der Waals surface area contributed by atoms with Crippen molar-refractivity contribution in [3.8, 4) is 23.1 Å². The zero-order valence-corrected chi connectivity index (χ0v) is 13.7. The van der Waals surface area contributed by atoms with E-state index >= 15 is 0 Å². The van der Waals surface area contributed by atoms with Gasteiger partial charge in [-0.3, -0.25) is 5.43 Å². The number of benzene rings is 2. The van der Waals surface area contributed by atoms with Gasteiger partial charge >= 0.3 is 0 Å². The normalized spacial score (nSPS) is 10.9. The van der Waals surface area contributed by atoms with Crippen LogP contribution in [0.15, 0.2) is 65.1 Å². The fourth-order valence-electron chi connectivity index (χ4n) is 2.03. The molecule has 0 aliphatic heterocycles. The van der Waals surface area contributed by atoms with Crippen molar-refractivity contribution in [1.82, 2.24) is 4.98 Å². The summed E-state index contributed by atoms with van der Waals surface area (Å²) in [5.74, 6) is 0.762. The third kappa shape index (κ3) is 3.59. The summed E-state index contributed by atoms with van der Waals surface area (Å²) in [4.78, 5) is 4.50. The molecule has 2 aromatic carbocycles. The van der Waals surface area contributed by atoms with Crippen molar-refractivity contribution in [2.75, 3.05) is 12.5 Å². The maximum atomic E-state index is 9.35. The zero-order valence-electron chi connectivity index (χ0n) is 12.9. The minimum Gasteiger partial charge on any atom is -0.497 e. The van der Waals surface area contributed by atoms with Gasteiger partial charge in [-0.05, 0) is 24.3 Å². The SMILES string of the molecule is COc1ccc(N/N=C(/C#N)c2nc(-c3ccccc3)cs2)cc1. The molecule has 0 aliphatic rings. The van der Waals surface area contributed by atoms with Crippen molar-refractivity contribution in [3.63, 3.8) is 0 Å². The number of ether oxygens (including phenoxy) is 1. The summed E-state index contributed by atoms with van der Waals surface area (Å²) in [6, 6.07) is 19.2. The van der Waals surface area contributed by atoms with Crippen molar-refractivity contribution in [1.29, 1.82) is 5.26 Å². The first kappa shape index (κ1) is 15.7. The summed E-state index contributed by atoms with van der Waals surface area (Å²) in [5.41, 5.74) is 5.74. The maximum absolute atomic E-state index is 9.35. The van der Waals surface area contributed by atoms with Crippen LogP contribution >= 0.6 is 11.3 Å². The second kappa shape index (κ2) is 7.40. The smallest absolute Gasteiger partial charge is 0.196 e. The predicted molar refractivity (Wildman–Crippen MR) is 96.3 cm³/mol. The van der Waals surface area contributed by atoms with Gasteiger partial charge in [0.05, 0.1) is 18.5 Å². The lowest BCUT2D eigenvalue weighted by atomic mass is 10.2. The number of nitrogens with zero attached hydrogens (tertiary/aromatic N) is 3. The van der Waals surface area contributed by atoms with E-state index in [-0.39, 0.29) is 5.71 Å². The summed E-state index contributed by atoms with van der Waals surface area (Å²) < 4.78 is 5.11. The molecule has 0 saturated carbocycles. The summed E-state index contributed by atoms with van der Waals surface area (Å²) in [5, 5.41) is 16.0. The van der Waals surface area contributed by atoms with E-state index < -0.39 is 0 Å². The van der Waals surface area contributed by atoms with Gasteiger partial charge in [-0.1, -0.05) is 30.3 Å². The van der Waals surface area contributed by atoms with Crippen molar-refractivity contribution in [3.05, 3.63) is 65.0 Å². The Kier molecular flexibility index (Phi) is 4.84. The number of aromatic nitrogens is 1. The lowest BCUT2D eigenvalue weighted by molar-refractivity contribution is 0.415. The Morgan fingerprint density at radius 2 is 1.92 bits per heavy atom. The molecule has 5 nitrogen and oxygen atoms in total. The molecule has 0 saturated heterocycles. The molecule has 1 N–H and O–H groups in total. The third-order valence-electron chi connectivity index (χ3n) is 3.27. The van der Waals surface area contributed by atoms with Crippen LogP contribution in [0.1, 0.15) is 5.01 Å². The Hall–Kier alpha value is -3.17. The highest BCUT2D eigenvalue weighted by Gasteiger charge is 2.10. The van der Waals surface area contributed by atoms with E-state index in [1.165, 1.54) is 11.3 Å². The second-order valence-corrected chi connectivity index (χ2v) is 5.67. The van der Waals surface area contributed by atoms with E-state index in [0.717, 1.165) is 22.7 Å². The lowest BCUT2D eigenvalue weighted by Crippen LogP contribution is -2.01. The Bertz CT molecular complexity index is 879. The number of hydrogen-bond acceptors (Lipinski definition) is 6. The van der Waals surface area contributed by atoms with E-state index in [9.17, 15) is 5.26 Å². The minimum absolute atomic E-state index is 0.248. The van der Waals surface area contributed by atoms with Gasteiger partial charge in [-0.15, -0.1) is 11.3 Å². The number of hydrogen-bond donors (Lipinski definition) is 1. The van der Waals surface area contributed by atoms with E-state index in [4.69, 9.17) is 4.74 Å². The summed E-state index contributed by atoms with van der Waals surface area (Å²) in [6.07, 6.45) is 0. The van der Waals surface area contributed by atoms with E-state index in [1.807, 2.05) is 60.0 Å². The van der Waals surface area contributed by atoms with Gasteiger partial charge in [-0.25, -0.2) is 4.98 Å². The van der Waals surface area contributed by atoms with Crippen LogP contribution < -0.4 is 10.2 Å². The number of nitriles is 1. The highest BCUT2D eigenvalue weighted by atomic mass is 32.1. The standard InChI is InChI=1S/C18H14N4OS/c1-23-15-9-7-14(8-10-15)21-22-16(11-19)18-20-17(12-24-18)13-5-3-2-4-6-13/h2-10,12,21H,1H3/b22-16-. The van der Waals surface area contributed by atoms with Gasteiger partial charge in [0.1, 0.15) is 11.8 Å². The van der Waals surface area contributed by atoms with Gasteiger partial charge in [-0.2, -0.15) is 10.4 Å². The first-order valence-electron chi connectivity index (χ1n) is 7.19. The summed E-state index contributed by atoms with van der Waals surface area (Å²) in [7, 11) is 1.61. The fraction of sp³-hybridized carbons (Fsp3) is 0.0556. The quantitative estimate of drug-likeness (QED) is 0.562. The molecule has 3 aromatic rings. The highest BCUT2D eigenvalue weighted by molar-refractivity contribution is 7.12. The minimum atomic E-state index is 0.248. The van der Waals surface area contributed by atoms with Gasteiger partial charge in [0, 0.05) is 10.9 Å². The van der Waals surface area contributed by atoms with Crippen LogP contribution in [0, 0.1) is 11.3 Å². The fourth-order valence-corrected chi connectivity index (χ4v) is 2.80. The first-order valence-corrected chi connectivity index (χ1v) is 8.07. The topological polar surface area (TPSA) is 70.3 Å². The van der Waals surface area contributed by atoms with Gasteiger partial charge in [0.2, 0.25) is 0 Å². The molecule has 0 atom stereocenters. The van der Waals surface area contributed by atoms with Crippen LogP contribution in [-0.4, -0.2) is 17.8 Å². The zero-order chi connectivity index (χ0) is 16.8. The average molecular weight is 334 g/mol. The molecule has 6 heteroatoms. The van der Waals surface area contributed by atoms with Crippen LogP contribution in [0.25, 0.3) is 11.3 Å². The summed E-state index contributed by atoms with van der Waals surface area (Å²) >= 11 is 1.39. The Morgan fingerprint density at radius 3 is 2.58 bits per heavy atom. The van der Waals surface area contributed by atoms with Crippen molar-refractivity contribution in [2.45, 2.75) is 0 Å². The molecule has 24 heavy (non-hydrogen) atoms.